The maximum absolute atomic E-state index is 5.53. The van der Waals surface area contributed by atoms with Crippen LogP contribution in [0, 0.1) is 11.3 Å². The van der Waals surface area contributed by atoms with E-state index in [-0.39, 0.29) is 11.5 Å². The Morgan fingerprint density at radius 3 is 2.47 bits per heavy atom. The van der Waals surface area contributed by atoms with Crippen LogP contribution in [0.5, 0.6) is 0 Å². The lowest BCUT2D eigenvalue weighted by Gasteiger charge is -2.28. The molecule has 19 heavy (non-hydrogen) atoms. The SMILES string of the molecule is CCNC(=NCC(OC)C(C)(C)C)NCCC1CC1. The van der Waals surface area contributed by atoms with Crippen molar-refractivity contribution in [3.63, 3.8) is 0 Å². The van der Waals surface area contributed by atoms with Crippen molar-refractivity contribution in [2.75, 3.05) is 26.7 Å². The number of rotatable bonds is 7. The summed E-state index contributed by atoms with van der Waals surface area (Å²) >= 11 is 0. The van der Waals surface area contributed by atoms with Gasteiger partial charge >= 0.3 is 0 Å². The molecule has 1 rings (SSSR count). The van der Waals surface area contributed by atoms with Crippen LogP contribution in [0.4, 0.5) is 0 Å². The standard InChI is InChI=1S/C15H31N3O/c1-6-16-14(17-10-9-12-7-8-12)18-11-13(19-5)15(2,3)4/h12-13H,6-11H2,1-5H3,(H2,16,17,18). The lowest BCUT2D eigenvalue weighted by Crippen LogP contribution is -2.39. The third-order valence-corrected chi connectivity index (χ3v) is 3.55. The Kier molecular flexibility index (Phi) is 6.63. The normalized spacial score (nSPS) is 18.3. The predicted molar refractivity (Wildman–Crippen MR) is 81.6 cm³/mol. The molecule has 0 amide bonds. The van der Waals surface area contributed by atoms with E-state index in [9.17, 15) is 0 Å². The fourth-order valence-electron chi connectivity index (χ4n) is 2.02. The molecule has 0 aliphatic heterocycles. The van der Waals surface area contributed by atoms with Crippen LogP contribution in [-0.4, -0.2) is 38.8 Å². The Morgan fingerprint density at radius 1 is 1.32 bits per heavy atom. The largest absolute Gasteiger partial charge is 0.379 e. The second-order valence-electron chi connectivity index (χ2n) is 6.47. The van der Waals surface area contributed by atoms with Gasteiger partial charge in [-0.2, -0.15) is 0 Å². The summed E-state index contributed by atoms with van der Waals surface area (Å²) in [6.07, 6.45) is 4.22. The number of hydrogen-bond acceptors (Lipinski definition) is 2. The van der Waals surface area contributed by atoms with Gasteiger partial charge in [0.2, 0.25) is 0 Å². The van der Waals surface area contributed by atoms with Gasteiger partial charge in [-0.05, 0) is 24.7 Å². The zero-order valence-electron chi connectivity index (χ0n) is 13.3. The summed E-state index contributed by atoms with van der Waals surface area (Å²) in [4.78, 5) is 4.64. The molecule has 4 heteroatoms. The highest BCUT2D eigenvalue weighted by Crippen LogP contribution is 2.31. The Morgan fingerprint density at radius 2 is 2.00 bits per heavy atom. The molecule has 0 aromatic rings. The van der Waals surface area contributed by atoms with E-state index in [1.165, 1.54) is 19.3 Å². The van der Waals surface area contributed by atoms with E-state index in [0.717, 1.165) is 25.0 Å². The van der Waals surface area contributed by atoms with Gasteiger partial charge in [0.1, 0.15) is 0 Å². The van der Waals surface area contributed by atoms with E-state index in [4.69, 9.17) is 4.74 Å². The van der Waals surface area contributed by atoms with Gasteiger partial charge in [0, 0.05) is 20.2 Å². The Labute approximate surface area is 118 Å². The lowest BCUT2D eigenvalue weighted by atomic mass is 9.89. The monoisotopic (exact) mass is 269 g/mol. The minimum atomic E-state index is 0.115. The predicted octanol–water partition coefficient (Wildman–Crippen LogP) is 2.40. The van der Waals surface area contributed by atoms with Crippen LogP contribution < -0.4 is 10.6 Å². The molecule has 4 nitrogen and oxygen atoms in total. The average molecular weight is 269 g/mol. The van der Waals surface area contributed by atoms with Gasteiger partial charge < -0.3 is 15.4 Å². The maximum Gasteiger partial charge on any atom is 0.191 e. The average Bonchev–Trinajstić information content (AvgIpc) is 3.12. The first-order valence-corrected chi connectivity index (χ1v) is 7.52. The van der Waals surface area contributed by atoms with Crippen molar-refractivity contribution in [2.24, 2.45) is 16.3 Å². The molecule has 2 N–H and O–H groups in total. The van der Waals surface area contributed by atoms with E-state index in [2.05, 4.69) is 43.3 Å². The van der Waals surface area contributed by atoms with E-state index in [0.29, 0.717) is 6.54 Å². The Balaban J connectivity index is 2.40. The van der Waals surface area contributed by atoms with Gasteiger partial charge in [-0.3, -0.25) is 4.99 Å². The van der Waals surface area contributed by atoms with Crippen molar-refractivity contribution < 1.29 is 4.74 Å². The number of nitrogens with zero attached hydrogens (tertiary/aromatic N) is 1. The Bertz CT molecular complexity index is 280. The van der Waals surface area contributed by atoms with E-state index >= 15 is 0 Å². The van der Waals surface area contributed by atoms with Crippen LogP contribution >= 0.6 is 0 Å². The molecule has 0 aromatic carbocycles. The second-order valence-corrected chi connectivity index (χ2v) is 6.47. The van der Waals surface area contributed by atoms with Gasteiger partial charge in [0.15, 0.2) is 5.96 Å². The zero-order chi connectivity index (χ0) is 14.3. The molecule has 0 bridgehead atoms. The quantitative estimate of drug-likeness (QED) is 0.551. The number of aliphatic imine (C=N–C) groups is 1. The van der Waals surface area contributed by atoms with Gasteiger partial charge in [0.25, 0.3) is 0 Å². The van der Waals surface area contributed by atoms with Crippen LogP contribution in [0.15, 0.2) is 4.99 Å². The van der Waals surface area contributed by atoms with Gasteiger partial charge in [-0.15, -0.1) is 0 Å². The molecule has 0 spiro atoms. The molecule has 0 saturated heterocycles. The van der Waals surface area contributed by atoms with Crippen LogP contribution in [0.3, 0.4) is 0 Å². The smallest absolute Gasteiger partial charge is 0.191 e. The van der Waals surface area contributed by atoms with E-state index < -0.39 is 0 Å². The number of methoxy groups -OCH3 is 1. The number of ether oxygens (including phenoxy) is 1. The summed E-state index contributed by atoms with van der Waals surface area (Å²) in [5.74, 6) is 1.87. The summed E-state index contributed by atoms with van der Waals surface area (Å²) < 4.78 is 5.53. The highest BCUT2D eigenvalue weighted by Gasteiger charge is 2.24. The lowest BCUT2D eigenvalue weighted by molar-refractivity contribution is 0.0241. The fraction of sp³-hybridized carbons (Fsp3) is 0.933. The van der Waals surface area contributed by atoms with Gasteiger partial charge in [-0.25, -0.2) is 0 Å². The molecular weight excluding hydrogens is 238 g/mol. The number of guanidine groups is 1. The molecule has 1 aliphatic carbocycles. The van der Waals surface area contributed by atoms with E-state index in [1.54, 1.807) is 7.11 Å². The third kappa shape index (κ3) is 6.81. The highest BCUT2D eigenvalue weighted by atomic mass is 16.5. The first-order valence-electron chi connectivity index (χ1n) is 7.52. The van der Waals surface area contributed by atoms with E-state index in [1.807, 2.05) is 0 Å². The van der Waals surface area contributed by atoms with Crippen molar-refractivity contribution in [3.05, 3.63) is 0 Å². The molecule has 1 atom stereocenters. The fourth-order valence-corrected chi connectivity index (χ4v) is 2.02. The zero-order valence-corrected chi connectivity index (χ0v) is 13.3. The van der Waals surface area contributed by atoms with Gasteiger partial charge in [-0.1, -0.05) is 33.6 Å². The molecule has 1 unspecified atom stereocenters. The second kappa shape index (κ2) is 7.73. The summed E-state index contributed by atoms with van der Waals surface area (Å²) in [7, 11) is 1.76. The van der Waals surface area contributed by atoms with Crippen molar-refractivity contribution in [3.8, 4) is 0 Å². The minimum Gasteiger partial charge on any atom is -0.379 e. The summed E-state index contributed by atoms with van der Waals surface area (Å²) in [6, 6.07) is 0. The van der Waals surface area contributed by atoms with Gasteiger partial charge in [0.05, 0.1) is 12.6 Å². The Hall–Kier alpha value is -0.770. The molecule has 1 fully saturated rings. The minimum absolute atomic E-state index is 0.115. The molecule has 1 saturated carbocycles. The van der Waals surface area contributed by atoms with Crippen molar-refractivity contribution in [2.45, 2.75) is 53.1 Å². The van der Waals surface area contributed by atoms with Crippen molar-refractivity contribution in [1.29, 1.82) is 0 Å². The maximum atomic E-state index is 5.53. The third-order valence-electron chi connectivity index (χ3n) is 3.55. The molecule has 0 heterocycles. The first-order chi connectivity index (χ1) is 8.97. The topological polar surface area (TPSA) is 45.7 Å². The van der Waals surface area contributed by atoms with Crippen molar-refractivity contribution in [1.82, 2.24) is 10.6 Å². The summed E-state index contributed by atoms with van der Waals surface area (Å²) in [5, 5.41) is 6.70. The van der Waals surface area contributed by atoms with Crippen LogP contribution in [0.25, 0.3) is 0 Å². The van der Waals surface area contributed by atoms with Crippen molar-refractivity contribution >= 4 is 5.96 Å². The summed E-state index contributed by atoms with van der Waals surface area (Å²) in [6.45, 7) is 11.2. The van der Waals surface area contributed by atoms with Crippen LogP contribution in [-0.2, 0) is 4.74 Å². The number of hydrogen-bond donors (Lipinski definition) is 2. The highest BCUT2D eigenvalue weighted by molar-refractivity contribution is 5.79. The van der Waals surface area contributed by atoms with Crippen LogP contribution in [0.2, 0.25) is 0 Å². The van der Waals surface area contributed by atoms with Crippen LogP contribution in [0.1, 0.15) is 47.0 Å². The molecular formula is C15H31N3O. The molecule has 0 radical (unpaired) electrons. The molecule has 1 aliphatic rings. The molecule has 0 aromatic heterocycles. The summed E-state index contributed by atoms with van der Waals surface area (Å²) in [5.41, 5.74) is 0.115. The molecule has 112 valence electrons. The number of nitrogens with one attached hydrogen (secondary N) is 2. The first kappa shape index (κ1) is 16.3.